The number of rotatable bonds is 4. The van der Waals surface area contributed by atoms with Crippen molar-refractivity contribution in [2.24, 2.45) is 5.41 Å². The Morgan fingerprint density at radius 1 is 1.40 bits per heavy atom. The largest absolute Gasteiger partial charge is 0.214 e. The zero-order chi connectivity index (χ0) is 11.5. The summed E-state index contributed by atoms with van der Waals surface area (Å²) in [6.45, 7) is 5.57. The van der Waals surface area contributed by atoms with Crippen LogP contribution >= 0.6 is 11.6 Å². The first kappa shape index (κ1) is 13.3. The molecule has 3 nitrogen and oxygen atoms in total. The number of alkyl halides is 1. The number of piperidine rings is 1. The summed E-state index contributed by atoms with van der Waals surface area (Å²) in [5, 5.41) is 0. The van der Waals surface area contributed by atoms with Crippen LogP contribution in [0.25, 0.3) is 0 Å². The van der Waals surface area contributed by atoms with E-state index in [2.05, 4.69) is 13.8 Å². The third kappa shape index (κ3) is 3.93. The molecule has 0 aromatic rings. The molecule has 90 valence electrons. The molecule has 0 amide bonds. The Morgan fingerprint density at radius 2 is 2.07 bits per heavy atom. The highest BCUT2D eigenvalue weighted by atomic mass is 35.5. The average molecular weight is 254 g/mol. The number of hydrogen-bond acceptors (Lipinski definition) is 2. The number of sulfonamides is 1. The van der Waals surface area contributed by atoms with Gasteiger partial charge in [-0.15, -0.1) is 11.6 Å². The van der Waals surface area contributed by atoms with Gasteiger partial charge >= 0.3 is 0 Å². The second kappa shape index (κ2) is 5.02. The number of halogens is 1. The van der Waals surface area contributed by atoms with E-state index >= 15 is 0 Å². The molecule has 1 saturated heterocycles. The normalized spacial score (nSPS) is 22.9. The lowest BCUT2D eigenvalue weighted by molar-refractivity contribution is 0.187. The predicted octanol–water partition coefficient (Wildman–Crippen LogP) is 2.07. The molecule has 0 aromatic heterocycles. The Labute approximate surface area is 97.8 Å². The molecule has 0 unspecified atom stereocenters. The summed E-state index contributed by atoms with van der Waals surface area (Å²) in [5.74, 6) is 0.600. The van der Waals surface area contributed by atoms with Crippen LogP contribution < -0.4 is 0 Å². The molecule has 0 aliphatic carbocycles. The minimum atomic E-state index is -3.07. The second-order valence-corrected chi connectivity index (χ2v) is 7.43. The number of nitrogens with zero attached hydrogens (tertiary/aromatic N) is 1. The van der Waals surface area contributed by atoms with Gasteiger partial charge in [0.05, 0.1) is 5.75 Å². The van der Waals surface area contributed by atoms with E-state index in [1.807, 2.05) is 0 Å². The van der Waals surface area contributed by atoms with Crippen LogP contribution in [0.1, 0.15) is 33.1 Å². The van der Waals surface area contributed by atoms with Crippen LogP contribution in [0.3, 0.4) is 0 Å². The van der Waals surface area contributed by atoms with Crippen molar-refractivity contribution in [1.82, 2.24) is 4.31 Å². The van der Waals surface area contributed by atoms with Gasteiger partial charge in [0.25, 0.3) is 0 Å². The lowest BCUT2D eigenvalue weighted by Gasteiger charge is -2.37. The van der Waals surface area contributed by atoms with Gasteiger partial charge in [0.2, 0.25) is 10.0 Å². The molecule has 0 atom stereocenters. The van der Waals surface area contributed by atoms with Crippen molar-refractivity contribution in [2.45, 2.75) is 33.1 Å². The van der Waals surface area contributed by atoms with E-state index in [4.69, 9.17) is 11.6 Å². The predicted molar refractivity (Wildman–Crippen MR) is 63.7 cm³/mol. The molecule has 0 bridgehead atoms. The van der Waals surface area contributed by atoms with Crippen LogP contribution in [-0.2, 0) is 10.0 Å². The summed E-state index contributed by atoms with van der Waals surface area (Å²) in [5.41, 5.74) is 0.117. The van der Waals surface area contributed by atoms with Gasteiger partial charge in [-0.05, 0) is 24.7 Å². The van der Waals surface area contributed by atoms with Crippen molar-refractivity contribution < 1.29 is 8.42 Å². The maximum atomic E-state index is 11.9. The van der Waals surface area contributed by atoms with E-state index < -0.39 is 10.0 Å². The molecule has 0 saturated carbocycles. The molecule has 1 heterocycles. The highest BCUT2D eigenvalue weighted by molar-refractivity contribution is 7.89. The van der Waals surface area contributed by atoms with Crippen molar-refractivity contribution in [2.75, 3.05) is 24.7 Å². The van der Waals surface area contributed by atoms with E-state index in [0.29, 0.717) is 25.4 Å². The molecule has 0 spiro atoms. The maximum Gasteiger partial charge on any atom is 0.214 e. The van der Waals surface area contributed by atoms with E-state index in [1.165, 1.54) is 0 Å². The molecule has 1 aliphatic rings. The fourth-order valence-corrected chi connectivity index (χ4v) is 3.99. The minimum Gasteiger partial charge on any atom is -0.212 e. The summed E-state index contributed by atoms with van der Waals surface area (Å²) in [4.78, 5) is 0. The molecule has 5 heteroatoms. The Hall–Kier alpha value is 0.200. The molecule has 0 radical (unpaired) electrons. The third-order valence-corrected chi connectivity index (χ3v) is 4.97. The van der Waals surface area contributed by atoms with Crippen molar-refractivity contribution in [3.05, 3.63) is 0 Å². The van der Waals surface area contributed by atoms with Gasteiger partial charge in [0.15, 0.2) is 0 Å². The zero-order valence-corrected chi connectivity index (χ0v) is 11.1. The monoisotopic (exact) mass is 253 g/mol. The lowest BCUT2D eigenvalue weighted by Crippen LogP contribution is -2.44. The van der Waals surface area contributed by atoms with Crippen molar-refractivity contribution in [3.8, 4) is 0 Å². The molecule has 1 rings (SSSR count). The fourth-order valence-electron chi connectivity index (χ4n) is 1.97. The summed E-state index contributed by atoms with van der Waals surface area (Å²) in [7, 11) is -3.07. The number of hydrogen-bond donors (Lipinski definition) is 0. The van der Waals surface area contributed by atoms with Gasteiger partial charge in [-0.3, -0.25) is 0 Å². The van der Waals surface area contributed by atoms with E-state index in [-0.39, 0.29) is 11.2 Å². The van der Waals surface area contributed by atoms with Crippen LogP contribution in [0.2, 0.25) is 0 Å². The van der Waals surface area contributed by atoms with Gasteiger partial charge < -0.3 is 0 Å². The molecule has 15 heavy (non-hydrogen) atoms. The maximum absolute atomic E-state index is 11.9. The first-order valence-corrected chi connectivity index (χ1v) is 7.56. The van der Waals surface area contributed by atoms with Crippen LogP contribution in [0.4, 0.5) is 0 Å². The highest BCUT2D eigenvalue weighted by Crippen LogP contribution is 2.29. The summed E-state index contributed by atoms with van der Waals surface area (Å²) < 4.78 is 25.4. The molecular weight excluding hydrogens is 234 g/mol. The van der Waals surface area contributed by atoms with E-state index in [0.717, 1.165) is 12.8 Å². The lowest BCUT2D eigenvalue weighted by atomic mass is 9.85. The van der Waals surface area contributed by atoms with Crippen LogP contribution in [0, 0.1) is 5.41 Å². The minimum absolute atomic E-state index is 0.117. The standard InChI is InChI=1S/C10H20ClNO2S/c1-10(2)5-3-7-12(9-10)15(13,14)8-4-6-11/h3-9H2,1-2H3. The second-order valence-electron chi connectivity index (χ2n) is 4.96. The molecule has 0 aromatic carbocycles. The van der Waals surface area contributed by atoms with Crippen LogP contribution in [0.15, 0.2) is 0 Å². The Balaban J connectivity index is 2.63. The van der Waals surface area contributed by atoms with Gasteiger partial charge in [-0.25, -0.2) is 12.7 Å². The van der Waals surface area contributed by atoms with Crippen LogP contribution in [0.5, 0.6) is 0 Å². The SMILES string of the molecule is CC1(C)CCCN(S(=O)(=O)CCCCl)C1. The molecule has 1 aliphatic heterocycles. The Kier molecular flexibility index (Phi) is 4.44. The third-order valence-electron chi connectivity index (χ3n) is 2.79. The Bertz CT molecular complexity index is 301. The van der Waals surface area contributed by atoms with Gasteiger partial charge in [-0.1, -0.05) is 13.8 Å². The average Bonchev–Trinajstić information content (AvgIpc) is 2.13. The summed E-state index contributed by atoms with van der Waals surface area (Å²) in [6.07, 6.45) is 2.61. The molecule has 1 fully saturated rings. The van der Waals surface area contributed by atoms with Crippen molar-refractivity contribution in [1.29, 1.82) is 0 Å². The quantitative estimate of drug-likeness (QED) is 0.720. The molecule has 0 N–H and O–H groups in total. The summed E-state index contributed by atoms with van der Waals surface area (Å²) in [6, 6.07) is 0. The topological polar surface area (TPSA) is 37.4 Å². The first-order chi connectivity index (χ1) is 6.87. The van der Waals surface area contributed by atoms with Gasteiger partial charge in [-0.2, -0.15) is 0 Å². The van der Waals surface area contributed by atoms with Crippen molar-refractivity contribution in [3.63, 3.8) is 0 Å². The van der Waals surface area contributed by atoms with E-state index in [1.54, 1.807) is 4.31 Å². The van der Waals surface area contributed by atoms with Gasteiger partial charge in [0.1, 0.15) is 0 Å². The Morgan fingerprint density at radius 3 is 2.60 bits per heavy atom. The van der Waals surface area contributed by atoms with E-state index in [9.17, 15) is 8.42 Å². The highest BCUT2D eigenvalue weighted by Gasteiger charge is 2.32. The van der Waals surface area contributed by atoms with Crippen molar-refractivity contribution >= 4 is 21.6 Å². The smallest absolute Gasteiger partial charge is 0.212 e. The van der Waals surface area contributed by atoms with Crippen LogP contribution in [-0.4, -0.2) is 37.4 Å². The fraction of sp³-hybridized carbons (Fsp3) is 1.00. The zero-order valence-electron chi connectivity index (χ0n) is 9.50. The first-order valence-electron chi connectivity index (χ1n) is 5.41. The summed E-state index contributed by atoms with van der Waals surface area (Å²) >= 11 is 5.52. The van der Waals surface area contributed by atoms with Gasteiger partial charge in [0, 0.05) is 19.0 Å². The molecular formula is C10H20ClNO2S.